The molecule has 1 aliphatic rings. The Morgan fingerprint density at radius 2 is 1.59 bits per heavy atom. The molecule has 0 radical (unpaired) electrons. The molecule has 0 aliphatic carbocycles. The molecular weight excluding hydrogens is 267 g/mol. The van der Waals surface area contributed by atoms with E-state index in [4.69, 9.17) is 10.2 Å². The molecule has 0 amide bonds. The van der Waals surface area contributed by atoms with Gasteiger partial charge >= 0.3 is 5.97 Å². The molecule has 17 heavy (non-hydrogen) atoms. The number of aliphatic hydroxyl groups excluding tert-OH is 1. The number of halogens is 2. The summed E-state index contributed by atoms with van der Waals surface area (Å²) in [6.07, 6.45) is 0.222. The van der Waals surface area contributed by atoms with Crippen molar-refractivity contribution in [2.75, 3.05) is 46.4 Å². The molecule has 1 saturated heterocycles. The summed E-state index contributed by atoms with van der Waals surface area (Å²) >= 11 is 0. The first-order valence-electron chi connectivity index (χ1n) is 5.33. The van der Waals surface area contributed by atoms with Gasteiger partial charge in [0.1, 0.15) is 0 Å². The number of aliphatic carboxylic acids is 1. The third-order valence-corrected chi connectivity index (χ3v) is 2.31. The van der Waals surface area contributed by atoms with E-state index in [9.17, 15) is 4.79 Å². The number of hydrogen-bond donors (Lipinski definition) is 2. The first-order valence-corrected chi connectivity index (χ1v) is 5.33. The van der Waals surface area contributed by atoms with Crippen molar-refractivity contribution in [3.05, 3.63) is 0 Å². The summed E-state index contributed by atoms with van der Waals surface area (Å²) in [6.45, 7) is 7.23. The largest absolute Gasteiger partial charge is 0.481 e. The molecule has 7 heteroatoms. The predicted molar refractivity (Wildman–Crippen MR) is 73.4 cm³/mol. The van der Waals surface area contributed by atoms with Gasteiger partial charge in [0, 0.05) is 39.1 Å². The third kappa shape index (κ3) is 13.9. The van der Waals surface area contributed by atoms with Crippen molar-refractivity contribution >= 4 is 30.8 Å². The molecule has 1 rings (SSSR count). The molecule has 1 fully saturated rings. The minimum absolute atomic E-state index is 0. The Labute approximate surface area is 116 Å². The van der Waals surface area contributed by atoms with Crippen LogP contribution in [-0.2, 0) is 4.79 Å². The van der Waals surface area contributed by atoms with Gasteiger partial charge in [0.05, 0.1) is 6.61 Å². The molecule has 1 aliphatic heterocycles. The second kappa shape index (κ2) is 14.0. The predicted octanol–water partition coefficient (Wildman–Crippen LogP) is 0.551. The van der Waals surface area contributed by atoms with Crippen molar-refractivity contribution in [2.24, 2.45) is 0 Å². The third-order valence-electron chi connectivity index (χ3n) is 2.31. The van der Waals surface area contributed by atoms with Gasteiger partial charge in [-0.05, 0) is 7.05 Å². The van der Waals surface area contributed by atoms with Crippen molar-refractivity contribution in [1.29, 1.82) is 0 Å². The molecule has 0 saturated carbocycles. The topological polar surface area (TPSA) is 64.0 Å². The van der Waals surface area contributed by atoms with E-state index in [-0.39, 0.29) is 31.2 Å². The zero-order chi connectivity index (χ0) is 11.7. The summed E-state index contributed by atoms with van der Waals surface area (Å²) in [4.78, 5) is 14.0. The van der Waals surface area contributed by atoms with Crippen molar-refractivity contribution < 1.29 is 15.0 Å². The highest BCUT2D eigenvalue weighted by Gasteiger charge is 2.11. The van der Waals surface area contributed by atoms with Crippen LogP contribution in [0.5, 0.6) is 0 Å². The summed E-state index contributed by atoms with van der Waals surface area (Å²) in [5, 5.41) is 16.4. The molecule has 0 atom stereocenters. The van der Waals surface area contributed by atoms with Crippen molar-refractivity contribution in [2.45, 2.75) is 13.3 Å². The van der Waals surface area contributed by atoms with Gasteiger partial charge < -0.3 is 15.1 Å². The van der Waals surface area contributed by atoms with E-state index >= 15 is 0 Å². The van der Waals surface area contributed by atoms with Crippen molar-refractivity contribution in [1.82, 2.24) is 9.80 Å². The maximum atomic E-state index is 9.37. The molecule has 0 aromatic heterocycles. The van der Waals surface area contributed by atoms with E-state index in [1.165, 1.54) is 0 Å². The molecule has 106 valence electrons. The summed E-state index contributed by atoms with van der Waals surface area (Å²) in [6, 6.07) is 0. The molecule has 0 aromatic rings. The number of likely N-dealkylation sites (N-methyl/N-ethyl adjacent to an activating group) is 1. The molecule has 0 spiro atoms. The van der Waals surface area contributed by atoms with E-state index in [2.05, 4.69) is 16.8 Å². The number of carboxylic acid groups (broad SMARTS) is 1. The van der Waals surface area contributed by atoms with Crippen molar-refractivity contribution in [3.8, 4) is 0 Å². The Morgan fingerprint density at radius 1 is 1.18 bits per heavy atom. The highest BCUT2D eigenvalue weighted by atomic mass is 35.5. The molecule has 1 heterocycles. The quantitative estimate of drug-likeness (QED) is 0.795. The molecule has 5 nitrogen and oxygen atoms in total. The van der Waals surface area contributed by atoms with Crippen LogP contribution in [0.25, 0.3) is 0 Å². The van der Waals surface area contributed by atoms with Crippen LogP contribution in [0.4, 0.5) is 0 Å². The summed E-state index contributed by atoms with van der Waals surface area (Å²) in [5.74, 6) is -0.745. The van der Waals surface area contributed by atoms with Crippen LogP contribution in [0.15, 0.2) is 0 Å². The van der Waals surface area contributed by atoms with Crippen LogP contribution in [0, 0.1) is 0 Å². The molecule has 2 N–H and O–H groups in total. The Hall–Kier alpha value is -0.0700. The van der Waals surface area contributed by atoms with Crippen LogP contribution in [0.1, 0.15) is 13.3 Å². The zero-order valence-corrected chi connectivity index (χ0v) is 12.1. The number of piperazine rings is 1. The summed E-state index contributed by atoms with van der Waals surface area (Å²) in [7, 11) is 2.14. The number of aliphatic hydroxyl groups is 1. The number of carbonyl (C=O) groups is 1. The first kappa shape index (κ1) is 22.1. The average Bonchev–Trinajstić information content (AvgIpc) is 2.23. The maximum absolute atomic E-state index is 9.37. The van der Waals surface area contributed by atoms with Gasteiger partial charge in [0.2, 0.25) is 0 Å². The van der Waals surface area contributed by atoms with Crippen LogP contribution in [0.3, 0.4) is 0 Å². The molecular formula is C10H24Cl2N2O3. The Morgan fingerprint density at radius 3 is 1.88 bits per heavy atom. The summed E-state index contributed by atoms with van der Waals surface area (Å²) in [5.41, 5.74) is 0. The first-order chi connectivity index (χ1) is 7.10. The fourth-order valence-corrected chi connectivity index (χ4v) is 1.21. The number of nitrogens with zero attached hydrogens (tertiary/aromatic N) is 2. The van der Waals surface area contributed by atoms with Crippen LogP contribution in [-0.4, -0.2) is 72.4 Å². The van der Waals surface area contributed by atoms with Gasteiger partial charge in [-0.15, -0.1) is 24.8 Å². The van der Waals surface area contributed by atoms with Crippen LogP contribution < -0.4 is 0 Å². The van der Waals surface area contributed by atoms with E-state index in [0.29, 0.717) is 6.61 Å². The molecule has 0 bridgehead atoms. The zero-order valence-electron chi connectivity index (χ0n) is 10.5. The minimum atomic E-state index is -0.745. The fraction of sp³-hybridized carbons (Fsp3) is 0.900. The smallest absolute Gasteiger partial charge is 0.303 e. The second-order valence-corrected chi connectivity index (χ2v) is 3.62. The minimum Gasteiger partial charge on any atom is -0.481 e. The van der Waals surface area contributed by atoms with Crippen LogP contribution >= 0.6 is 24.8 Å². The highest BCUT2D eigenvalue weighted by molar-refractivity contribution is 5.85. The molecule has 0 aromatic carbocycles. The van der Waals surface area contributed by atoms with E-state index in [1.807, 2.05) is 0 Å². The Bertz CT molecular complexity index is 177. The van der Waals surface area contributed by atoms with E-state index in [1.54, 1.807) is 6.92 Å². The standard InChI is InChI=1S/C7H16N2O.C3H6O2.2ClH/c1-8-2-4-9(5-3-8)6-7-10;1-2-3(4)5;;/h10H,2-7H2,1H3;2H2,1H3,(H,4,5);2*1H. The van der Waals surface area contributed by atoms with Crippen molar-refractivity contribution in [3.63, 3.8) is 0 Å². The Balaban J connectivity index is -0.000000247. The maximum Gasteiger partial charge on any atom is 0.303 e. The number of rotatable bonds is 3. The molecule has 0 unspecified atom stereocenters. The lowest BCUT2D eigenvalue weighted by Crippen LogP contribution is -2.45. The lowest BCUT2D eigenvalue weighted by Gasteiger charge is -2.31. The van der Waals surface area contributed by atoms with E-state index in [0.717, 1.165) is 32.7 Å². The van der Waals surface area contributed by atoms with Gasteiger partial charge in [-0.25, -0.2) is 0 Å². The number of β-amino-alcohol motifs (C(OH)–C–C–N with tert-alkyl or cyclic N) is 1. The monoisotopic (exact) mass is 290 g/mol. The van der Waals surface area contributed by atoms with Gasteiger partial charge in [0.25, 0.3) is 0 Å². The average molecular weight is 291 g/mol. The van der Waals surface area contributed by atoms with Crippen LogP contribution in [0.2, 0.25) is 0 Å². The van der Waals surface area contributed by atoms with Gasteiger partial charge in [0.15, 0.2) is 0 Å². The second-order valence-electron chi connectivity index (χ2n) is 3.62. The van der Waals surface area contributed by atoms with E-state index < -0.39 is 5.97 Å². The Kier molecular flexibility index (Phi) is 18.2. The SMILES string of the molecule is CCC(=O)O.CN1CCN(CCO)CC1.Cl.Cl. The fourth-order valence-electron chi connectivity index (χ4n) is 1.21. The van der Waals surface area contributed by atoms with Gasteiger partial charge in [-0.1, -0.05) is 6.92 Å². The normalized spacial score (nSPS) is 15.9. The lowest BCUT2D eigenvalue weighted by atomic mass is 10.3. The van der Waals surface area contributed by atoms with Gasteiger partial charge in [-0.2, -0.15) is 0 Å². The number of carboxylic acids is 1. The highest BCUT2D eigenvalue weighted by Crippen LogP contribution is 1.96. The summed E-state index contributed by atoms with van der Waals surface area (Å²) < 4.78 is 0. The lowest BCUT2D eigenvalue weighted by molar-refractivity contribution is -0.136. The number of hydrogen-bond acceptors (Lipinski definition) is 4. The van der Waals surface area contributed by atoms with Gasteiger partial charge in [-0.3, -0.25) is 9.69 Å².